The average Bonchev–Trinajstić information content (AvgIpc) is 3.05. The van der Waals surface area contributed by atoms with Crippen molar-refractivity contribution in [3.8, 4) is 0 Å². The molecule has 5 heteroatoms. The number of morpholine rings is 1. The Bertz CT molecular complexity index is 873. The quantitative estimate of drug-likeness (QED) is 0.789. The third-order valence-corrected chi connectivity index (χ3v) is 4.45. The number of H-pyrrole nitrogens is 1. The number of hydrogen-bond acceptors (Lipinski definition) is 3. The molecule has 0 aliphatic carbocycles. The largest absolute Gasteiger partial charge is 0.370 e. The first-order valence-corrected chi connectivity index (χ1v) is 8.13. The highest BCUT2D eigenvalue weighted by molar-refractivity contribution is 6.04. The van der Waals surface area contributed by atoms with Gasteiger partial charge in [0.2, 0.25) is 0 Å². The van der Waals surface area contributed by atoms with Gasteiger partial charge in [-0.3, -0.25) is 9.89 Å². The molecule has 1 amide bonds. The van der Waals surface area contributed by atoms with E-state index in [9.17, 15) is 4.79 Å². The molecule has 1 unspecified atom stereocenters. The summed E-state index contributed by atoms with van der Waals surface area (Å²) >= 11 is 0. The standard InChI is InChI=1S/C19H19N3O2/c1-13-7-8-16-15(11-13)18(21-20-16)19(23)22-9-10-24-17(12-22)14-5-3-2-4-6-14/h2-8,11,17H,9-10,12H2,1H3,(H,20,21). The van der Waals surface area contributed by atoms with Crippen LogP contribution in [0.3, 0.4) is 0 Å². The molecule has 4 rings (SSSR count). The predicted molar refractivity (Wildman–Crippen MR) is 91.9 cm³/mol. The highest BCUT2D eigenvalue weighted by Gasteiger charge is 2.28. The number of amides is 1. The van der Waals surface area contributed by atoms with Gasteiger partial charge in [-0.1, -0.05) is 42.0 Å². The first-order chi connectivity index (χ1) is 11.7. The van der Waals surface area contributed by atoms with Crippen LogP contribution in [0.25, 0.3) is 10.9 Å². The summed E-state index contributed by atoms with van der Waals surface area (Å²) in [5.41, 5.74) is 3.58. The summed E-state index contributed by atoms with van der Waals surface area (Å²) in [6.07, 6.45) is -0.0872. The SMILES string of the molecule is Cc1ccc2[nH]nc(C(=O)N3CCOC(c4ccccc4)C3)c2c1. The Morgan fingerprint density at radius 1 is 1.25 bits per heavy atom. The monoisotopic (exact) mass is 321 g/mol. The summed E-state index contributed by atoms with van der Waals surface area (Å²) in [6, 6.07) is 16.0. The molecule has 1 aliphatic rings. The predicted octanol–water partition coefficient (Wildman–Crippen LogP) is 3.09. The van der Waals surface area contributed by atoms with E-state index < -0.39 is 0 Å². The molecule has 122 valence electrons. The second-order valence-corrected chi connectivity index (χ2v) is 6.14. The number of carbonyl (C=O) groups excluding carboxylic acids is 1. The minimum atomic E-state index is -0.0872. The maximum atomic E-state index is 13.0. The topological polar surface area (TPSA) is 58.2 Å². The van der Waals surface area contributed by atoms with Crippen LogP contribution in [0.2, 0.25) is 0 Å². The number of aryl methyl sites for hydroxylation is 1. The molecule has 2 aromatic carbocycles. The van der Waals surface area contributed by atoms with Gasteiger partial charge in [0, 0.05) is 11.9 Å². The van der Waals surface area contributed by atoms with Crippen LogP contribution in [0.1, 0.15) is 27.7 Å². The molecule has 1 atom stereocenters. The molecule has 0 radical (unpaired) electrons. The van der Waals surface area contributed by atoms with Crippen molar-refractivity contribution < 1.29 is 9.53 Å². The lowest BCUT2D eigenvalue weighted by Gasteiger charge is -2.32. The Balaban J connectivity index is 1.60. The molecule has 24 heavy (non-hydrogen) atoms. The fourth-order valence-corrected chi connectivity index (χ4v) is 3.14. The average molecular weight is 321 g/mol. The Morgan fingerprint density at radius 3 is 2.92 bits per heavy atom. The Kier molecular flexibility index (Phi) is 3.78. The van der Waals surface area contributed by atoms with Gasteiger partial charge in [0.25, 0.3) is 5.91 Å². The minimum absolute atomic E-state index is 0.0453. The van der Waals surface area contributed by atoms with Gasteiger partial charge in [0.15, 0.2) is 5.69 Å². The van der Waals surface area contributed by atoms with Gasteiger partial charge in [-0.25, -0.2) is 0 Å². The van der Waals surface area contributed by atoms with E-state index in [0.717, 1.165) is 22.0 Å². The molecule has 5 nitrogen and oxygen atoms in total. The molecule has 3 aromatic rings. The lowest BCUT2D eigenvalue weighted by Crippen LogP contribution is -2.42. The maximum Gasteiger partial charge on any atom is 0.275 e. The fourth-order valence-electron chi connectivity index (χ4n) is 3.14. The second kappa shape index (κ2) is 6.09. The van der Waals surface area contributed by atoms with E-state index >= 15 is 0 Å². The van der Waals surface area contributed by atoms with Crippen molar-refractivity contribution in [3.05, 3.63) is 65.4 Å². The molecule has 0 bridgehead atoms. The van der Waals surface area contributed by atoms with E-state index in [0.29, 0.717) is 25.4 Å². The number of nitrogens with one attached hydrogen (secondary N) is 1. The van der Waals surface area contributed by atoms with Gasteiger partial charge >= 0.3 is 0 Å². The van der Waals surface area contributed by atoms with Gasteiger partial charge in [0.05, 0.1) is 18.7 Å². The van der Waals surface area contributed by atoms with Crippen LogP contribution in [0, 0.1) is 6.92 Å². The summed E-state index contributed by atoms with van der Waals surface area (Å²) in [6.45, 7) is 3.68. The summed E-state index contributed by atoms with van der Waals surface area (Å²) < 4.78 is 5.85. The van der Waals surface area contributed by atoms with E-state index in [1.165, 1.54) is 0 Å². The van der Waals surface area contributed by atoms with E-state index in [1.807, 2.05) is 60.4 Å². The molecule has 1 saturated heterocycles. The molecule has 0 saturated carbocycles. The molecular formula is C19H19N3O2. The third-order valence-electron chi connectivity index (χ3n) is 4.45. The van der Waals surface area contributed by atoms with Crippen molar-refractivity contribution in [2.45, 2.75) is 13.0 Å². The van der Waals surface area contributed by atoms with E-state index in [-0.39, 0.29) is 12.0 Å². The summed E-state index contributed by atoms with van der Waals surface area (Å²) in [4.78, 5) is 14.8. The fraction of sp³-hybridized carbons (Fsp3) is 0.263. The Labute approximate surface area is 140 Å². The van der Waals surface area contributed by atoms with Crippen molar-refractivity contribution in [1.82, 2.24) is 15.1 Å². The number of ether oxygens (including phenoxy) is 1. The molecule has 1 N–H and O–H groups in total. The molecule has 0 spiro atoms. The van der Waals surface area contributed by atoms with Crippen LogP contribution in [0.15, 0.2) is 48.5 Å². The van der Waals surface area contributed by atoms with Crippen LogP contribution in [-0.2, 0) is 4.74 Å². The van der Waals surface area contributed by atoms with Gasteiger partial charge in [-0.2, -0.15) is 5.10 Å². The molecular weight excluding hydrogens is 302 g/mol. The lowest BCUT2D eigenvalue weighted by molar-refractivity contribution is -0.0229. The smallest absolute Gasteiger partial charge is 0.275 e. The highest BCUT2D eigenvalue weighted by atomic mass is 16.5. The number of hydrogen-bond donors (Lipinski definition) is 1. The van der Waals surface area contributed by atoms with E-state index in [4.69, 9.17) is 4.74 Å². The van der Waals surface area contributed by atoms with Crippen molar-refractivity contribution >= 4 is 16.8 Å². The van der Waals surface area contributed by atoms with Crippen LogP contribution < -0.4 is 0 Å². The number of fused-ring (bicyclic) bond motifs is 1. The maximum absolute atomic E-state index is 13.0. The van der Waals surface area contributed by atoms with Crippen molar-refractivity contribution in [1.29, 1.82) is 0 Å². The van der Waals surface area contributed by atoms with Crippen molar-refractivity contribution in [2.75, 3.05) is 19.7 Å². The van der Waals surface area contributed by atoms with E-state index in [1.54, 1.807) is 0 Å². The third kappa shape index (κ3) is 2.67. The first-order valence-electron chi connectivity index (χ1n) is 8.13. The summed E-state index contributed by atoms with van der Waals surface area (Å²) in [7, 11) is 0. The van der Waals surface area contributed by atoms with Crippen LogP contribution in [0.5, 0.6) is 0 Å². The summed E-state index contributed by atoms with van der Waals surface area (Å²) in [5.74, 6) is -0.0453. The first kappa shape index (κ1) is 14.9. The van der Waals surface area contributed by atoms with Gasteiger partial charge in [0.1, 0.15) is 6.10 Å². The zero-order chi connectivity index (χ0) is 16.5. The van der Waals surface area contributed by atoms with Crippen molar-refractivity contribution in [2.24, 2.45) is 0 Å². The number of aromatic amines is 1. The summed E-state index contributed by atoms with van der Waals surface area (Å²) in [5, 5.41) is 8.08. The highest BCUT2D eigenvalue weighted by Crippen LogP contribution is 2.25. The normalized spacial score (nSPS) is 18.0. The Morgan fingerprint density at radius 2 is 2.08 bits per heavy atom. The lowest BCUT2D eigenvalue weighted by atomic mass is 10.1. The van der Waals surface area contributed by atoms with Crippen LogP contribution in [0.4, 0.5) is 0 Å². The minimum Gasteiger partial charge on any atom is -0.370 e. The van der Waals surface area contributed by atoms with Crippen LogP contribution in [-0.4, -0.2) is 40.7 Å². The number of aromatic nitrogens is 2. The number of carbonyl (C=O) groups is 1. The van der Waals surface area contributed by atoms with Crippen LogP contribution >= 0.6 is 0 Å². The van der Waals surface area contributed by atoms with Crippen molar-refractivity contribution in [3.63, 3.8) is 0 Å². The molecule has 1 aromatic heterocycles. The molecule has 1 aliphatic heterocycles. The zero-order valence-electron chi connectivity index (χ0n) is 13.5. The zero-order valence-corrected chi connectivity index (χ0v) is 13.5. The number of benzene rings is 2. The molecule has 2 heterocycles. The Hall–Kier alpha value is -2.66. The second-order valence-electron chi connectivity index (χ2n) is 6.14. The van der Waals surface area contributed by atoms with E-state index in [2.05, 4.69) is 10.2 Å². The number of nitrogens with zero attached hydrogens (tertiary/aromatic N) is 2. The molecule has 1 fully saturated rings. The van der Waals surface area contributed by atoms with Gasteiger partial charge in [-0.15, -0.1) is 0 Å². The van der Waals surface area contributed by atoms with Gasteiger partial charge in [-0.05, 0) is 24.6 Å². The number of rotatable bonds is 2. The van der Waals surface area contributed by atoms with Gasteiger partial charge < -0.3 is 9.64 Å².